The van der Waals surface area contributed by atoms with Crippen molar-refractivity contribution in [3.05, 3.63) is 82.9 Å². The van der Waals surface area contributed by atoms with Gasteiger partial charge in [0.1, 0.15) is 5.92 Å². The molecule has 156 valence electrons. The van der Waals surface area contributed by atoms with Crippen molar-refractivity contribution in [1.82, 2.24) is 0 Å². The summed E-state index contributed by atoms with van der Waals surface area (Å²) in [5.74, 6) is -4.99. The molecule has 0 aliphatic carbocycles. The Balaban J connectivity index is 2.06. The Kier molecular flexibility index (Phi) is 8.05. The van der Waals surface area contributed by atoms with Gasteiger partial charge in [0, 0.05) is 17.6 Å². The monoisotopic (exact) mass is 410 g/mol. The van der Waals surface area contributed by atoms with Crippen molar-refractivity contribution in [3.63, 3.8) is 0 Å². The molecular formula is C23H22O7. The summed E-state index contributed by atoms with van der Waals surface area (Å²) in [5, 5.41) is 18.1. The molecule has 2 rings (SSSR count). The molecule has 0 atom stereocenters. The van der Waals surface area contributed by atoms with Crippen molar-refractivity contribution in [2.75, 3.05) is 0 Å². The molecule has 0 aliphatic rings. The van der Waals surface area contributed by atoms with E-state index in [9.17, 15) is 19.2 Å². The number of hydrogen-bond donors (Lipinski definition) is 2. The normalized spacial score (nSPS) is 11.5. The van der Waals surface area contributed by atoms with E-state index in [1.165, 1.54) is 6.92 Å². The predicted octanol–water partition coefficient (Wildman–Crippen LogP) is 3.54. The van der Waals surface area contributed by atoms with Crippen molar-refractivity contribution >= 4 is 23.9 Å². The summed E-state index contributed by atoms with van der Waals surface area (Å²) in [6.07, 6.45) is -0.303. The van der Waals surface area contributed by atoms with Gasteiger partial charge in [0.15, 0.2) is 0 Å². The smallest absolute Gasteiger partial charge is 0.332 e. The van der Waals surface area contributed by atoms with E-state index in [2.05, 4.69) is 0 Å². The number of carboxylic acid groups (broad SMARTS) is 2. The Morgan fingerprint density at radius 3 is 1.73 bits per heavy atom. The SMILES string of the molecule is C/C(C(=O)O)=C(/CCCC(=O)OC(=O)C(c1ccccc1)c1ccccc1)C(=O)O. The molecule has 30 heavy (non-hydrogen) atoms. The molecule has 0 saturated carbocycles. The van der Waals surface area contributed by atoms with Gasteiger partial charge in [0.2, 0.25) is 0 Å². The van der Waals surface area contributed by atoms with Crippen LogP contribution in [0.15, 0.2) is 71.8 Å². The first kappa shape index (κ1) is 22.5. The highest BCUT2D eigenvalue weighted by Crippen LogP contribution is 2.26. The molecule has 0 saturated heterocycles. The molecule has 0 amide bonds. The maximum atomic E-state index is 12.7. The summed E-state index contributed by atoms with van der Waals surface area (Å²) in [4.78, 5) is 47.1. The maximum absolute atomic E-state index is 12.7. The van der Waals surface area contributed by atoms with Crippen LogP contribution in [0, 0.1) is 0 Å². The van der Waals surface area contributed by atoms with E-state index >= 15 is 0 Å². The first-order valence-corrected chi connectivity index (χ1v) is 9.32. The zero-order valence-corrected chi connectivity index (χ0v) is 16.4. The fourth-order valence-corrected chi connectivity index (χ4v) is 2.97. The summed E-state index contributed by atoms with van der Waals surface area (Å²) in [6, 6.07) is 17.8. The summed E-state index contributed by atoms with van der Waals surface area (Å²) in [5.41, 5.74) is 0.776. The molecule has 0 radical (unpaired) electrons. The second kappa shape index (κ2) is 10.7. The lowest BCUT2D eigenvalue weighted by Gasteiger charge is -2.16. The second-order valence-electron chi connectivity index (χ2n) is 6.61. The van der Waals surface area contributed by atoms with Gasteiger partial charge in [-0.05, 0) is 30.9 Å². The molecule has 2 N–H and O–H groups in total. The van der Waals surface area contributed by atoms with Crippen molar-refractivity contribution < 1.29 is 34.1 Å². The van der Waals surface area contributed by atoms with Gasteiger partial charge in [-0.15, -0.1) is 0 Å². The summed E-state index contributed by atoms with van der Waals surface area (Å²) >= 11 is 0. The lowest BCUT2D eigenvalue weighted by Crippen LogP contribution is -2.21. The average molecular weight is 410 g/mol. The minimum absolute atomic E-state index is 0.0414. The van der Waals surface area contributed by atoms with Gasteiger partial charge in [0.25, 0.3) is 0 Å². The lowest BCUT2D eigenvalue weighted by atomic mass is 9.91. The zero-order chi connectivity index (χ0) is 22.1. The van der Waals surface area contributed by atoms with Crippen LogP contribution in [0.5, 0.6) is 0 Å². The van der Waals surface area contributed by atoms with Gasteiger partial charge in [0.05, 0.1) is 0 Å². The third-order valence-electron chi connectivity index (χ3n) is 4.56. The van der Waals surface area contributed by atoms with Crippen LogP contribution < -0.4 is 0 Å². The number of carbonyl (C=O) groups is 4. The summed E-state index contributed by atoms with van der Waals surface area (Å²) in [6.45, 7) is 1.19. The van der Waals surface area contributed by atoms with E-state index in [1.807, 2.05) is 12.1 Å². The minimum atomic E-state index is -1.35. The minimum Gasteiger partial charge on any atom is -0.478 e. The van der Waals surface area contributed by atoms with Gasteiger partial charge in [-0.3, -0.25) is 9.59 Å². The van der Waals surface area contributed by atoms with Gasteiger partial charge >= 0.3 is 23.9 Å². The Morgan fingerprint density at radius 2 is 1.30 bits per heavy atom. The fraction of sp³-hybridized carbons (Fsp3) is 0.217. The average Bonchev–Trinajstić information content (AvgIpc) is 2.72. The highest BCUT2D eigenvalue weighted by Gasteiger charge is 2.26. The van der Waals surface area contributed by atoms with Crippen molar-refractivity contribution in [2.45, 2.75) is 32.1 Å². The Bertz CT molecular complexity index is 907. The molecule has 0 bridgehead atoms. The van der Waals surface area contributed by atoms with Crippen LogP contribution in [-0.2, 0) is 23.9 Å². The second-order valence-corrected chi connectivity index (χ2v) is 6.61. The van der Waals surface area contributed by atoms with Crippen LogP contribution in [0.2, 0.25) is 0 Å². The summed E-state index contributed by atoms with van der Waals surface area (Å²) in [7, 11) is 0. The molecule has 0 aliphatic heterocycles. The molecule has 7 nitrogen and oxygen atoms in total. The van der Waals surface area contributed by atoms with Crippen molar-refractivity contribution in [2.24, 2.45) is 0 Å². The molecule has 7 heteroatoms. The van der Waals surface area contributed by atoms with E-state index in [0.717, 1.165) is 0 Å². The Morgan fingerprint density at radius 1 is 0.800 bits per heavy atom. The third kappa shape index (κ3) is 6.13. The van der Waals surface area contributed by atoms with Crippen molar-refractivity contribution in [1.29, 1.82) is 0 Å². The largest absolute Gasteiger partial charge is 0.478 e. The fourth-order valence-electron chi connectivity index (χ4n) is 2.97. The third-order valence-corrected chi connectivity index (χ3v) is 4.56. The first-order valence-electron chi connectivity index (χ1n) is 9.32. The number of aliphatic carboxylic acids is 2. The predicted molar refractivity (Wildman–Crippen MR) is 108 cm³/mol. The van der Waals surface area contributed by atoms with Gasteiger partial charge < -0.3 is 14.9 Å². The molecular weight excluding hydrogens is 388 g/mol. The topological polar surface area (TPSA) is 118 Å². The maximum Gasteiger partial charge on any atom is 0.332 e. The zero-order valence-electron chi connectivity index (χ0n) is 16.4. The number of carbonyl (C=O) groups excluding carboxylic acids is 2. The standard InChI is InChI=1S/C23H22O7/c1-15(21(25)26)18(22(27)28)13-8-14-19(24)30-23(29)20(16-9-4-2-5-10-16)17-11-6-3-7-12-17/h2-7,9-12,20H,8,13-14H2,1H3,(H,25,26)(H,27,28)/b18-15+. The molecule has 0 unspecified atom stereocenters. The highest BCUT2D eigenvalue weighted by molar-refractivity contribution is 5.98. The van der Waals surface area contributed by atoms with Gasteiger partial charge in [-0.1, -0.05) is 60.7 Å². The quantitative estimate of drug-likeness (QED) is 0.369. The lowest BCUT2D eigenvalue weighted by molar-refractivity contribution is -0.160. The van der Waals surface area contributed by atoms with Crippen LogP contribution in [0.3, 0.4) is 0 Å². The molecule has 0 fully saturated rings. The summed E-state index contributed by atoms with van der Waals surface area (Å²) < 4.78 is 5.01. The van der Waals surface area contributed by atoms with Crippen LogP contribution in [-0.4, -0.2) is 34.1 Å². The molecule has 0 spiro atoms. The number of carboxylic acids is 2. The van der Waals surface area contributed by atoms with Crippen LogP contribution in [0.4, 0.5) is 0 Å². The molecule has 0 heterocycles. The molecule has 2 aromatic carbocycles. The van der Waals surface area contributed by atoms with Gasteiger partial charge in [-0.2, -0.15) is 0 Å². The van der Waals surface area contributed by atoms with E-state index in [-0.39, 0.29) is 30.4 Å². The Hall–Kier alpha value is -3.74. The number of ether oxygens (including phenoxy) is 1. The number of esters is 2. The Labute approximate surface area is 173 Å². The van der Waals surface area contributed by atoms with E-state index in [1.54, 1.807) is 48.5 Å². The molecule has 0 aromatic heterocycles. The number of hydrogen-bond acceptors (Lipinski definition) is 5. The van der Waals surface area contributed by atoms with Crippen LogP contribution in [0.25, 0.3) is 0 Å². The van der Waals surface area contributed by atoms with Crippen LogP contribution in [0.1, 0.15) is 43.2 Å². The highest BCUT2D eigenvalue weighted by atomic mass is 16.6. The van der Waals surface area contributed by atoms with Crippen LogP contribution >= 0.6 is 0 Å². The van der Waals surface area contributed by atoms with E-state index in [0.29, 0.717) is 11.1 Å². The number of rotatable bonds is 9. The van der Waals surface area contributed by atoms with Crippen molar-refractivity contribution in [3.8, 4) is 0 Å². The van der Waals surface area contributed by atoms with E-state index in [4.69, 9.17) is 14.9 Å². The number of benzene rings is 2. The molecule has 2 aromatic rings. The van der Waals surface area contributed by atoms with E-state index < -0.39 is 29.8 Å². The first-order chi connectivity index (χ1) is 14.3. The van der Waals surface area contributed by atoms with Gasteiger partial charge in [-0.25, -0.2) is 9.59 Å².